The topological polar surface area (TPSA) is 150 Å². The maximum Gasteiger partial charge on any atom is 0.227 e. The Morgan fingerprint density at radius 2 is 1.95 bits per heavy atom. The Kier molecular flexibility index (Phi) is 11.5. The molecule has 0 saturated carbocycles. The van der Waals surface area contributed by atoms with E-state index < -0.39 is 30.4 Å². The number of hydrogen-bond acceptors (Lipinski definition) is 9. The van der Waals surface area contributed by atoms with Gasteiger partial charge in [0.05, 0.1) is 44.4 Å². The van der Waals surface area contributed by atoms with Crippen LogP contribution in [0.1, 0.15) is 37.7 Å². The molecule has 224 valence electrons. The fraction of sp³-hybridized carbons (Fsp3) is 0.714. The first-order chi connectivity index (χ1) is 19.3. The molecular weight excluding hydrogens is 525 g/mol. The number of carbonyl (C=O) groups excluding carboxylic acids is 2. The second-order valence-corrected chi connectivity index (χ2v) is 10.9. The molecule has 2 amide bonds. The third-order valence-electron chi connectivity index (χ3n) is 7.85. The van der Waals surface area contributed by atoms with Crippen LogP contribution in [0, 0.1) is 17.7 Å². The molecule has 4 rings (SSSR count). The summed E-state index contributed by atoms with van der Waals surface area (Å²) in [5.74, 6) is -0.154. The minimum atomic E-state index is -1.24. The fourth-order valence-corrected chi connectivity index (χ4v) is 5.28. The van der Waals surface area contributed by atoms with Crippen molar-refractivity contribution >= 4 is 11.8 Å². The zero-order valence-corrected chi connectivity index (χ0v) is 22.8. The number of hydrogen-bond donors (Lipinski definition) is 5. The molecule has 1 unspecified atom stereocenters. The van der Waals surface area contributed by atoms with Crippen molar-refractivity contribution in [3.05, 3.63) is 29.6 Å². The minimum absolute atomic E-state index is 0.0327. The van der Waals surface area contributed by atoms with Gasteiger partial charge in [-0.3, -0.25) is 9.59 Å². The first kappa shape index (κ1) is 30.6. The smallest absolute Gasteiger partial charge is 0.227 e. The molecule has 3 aliphatic heterocycles. The van der Waals surface area contributed by atoms with E-state index in [0.29, 0.717) is 12.4 Å². The molecule has 0 aliphatic carbocycles. The maximum atomic E-state index is 14.6. The van der Waals surface area contributed by atoms with Gasteiger partial charge in [-0.2, -0.15) is 0 Å². The van der Waals surface area contributed by atoms with Crippen LogP contribution in [0.3, 0.4) is 0 Å². The quantitative estimate of drug-likeness (QED) is 0.207. The molecule has 3 saturated heterocycles. The van der Waals surface area contributed by atoms with Crippen molar-refractivity contribution in [2.75, 3.05) is 52.5 Å². The molecule has 1 aromatic carbocycles. The average Bonchev–Trinajstić information content (AvgIpc) is 2.92. The Hall–Kier alpha value is -2.35. The van der Waals surface area contributed by atoms with Gasteiger partial charge in [-0.05, 0) is 56.3 Å². The zero-order valence-electron chi connectivity index (χ0n) is 22.8. The van der Waals surface area contributed by atoms with Crippen LogP contribution in [-0.4, -0.2) is 109 Å². The van der Waals surface area contributed by atoms with Crippen LogP contribution >= 0.6 is 0 Å². The number of ether oxygens (including phenoxy) is 3. The third-order valence-corrected chi connectivity index (χ3v) is 7.85. The lowest BCUT2D eigenvalue weighted by molar-refractivity contribution is -0.270. The van der Waals surface area contributed by atoms with Crippen LogP contribution in [-0.2, 0) is 25.5 Å². The predicted octanol–water partition coefficient (Wildman–Crippen LogP) is -0.0529. The highest BCUT2D eigenvalue weighted by atomic mass is 19.1. The van der Waals surface area contributed by atoms with Crippen molar-refractivity contribution in [2.45, 2.75) is 63.1 Å². The molecular formula is C28H42FN3O8. The molecule has 0 bridgehead atoms. The number of nitrogens with zero attached hydrogens (tertiary/aromatic N) is 1. The molecule has 4 atom stereocenters. The van der Waals surface area contributed by atoms with Gasteiger partial charge in [0.25, 0.3) is 0 Å². The van der Waals surface area contributed by atoms with Gasteiger partial charge >= 0.3 is 0 Å². The van der Waals surface area contributed by atoms with E-state index in [1.807, 2.05) is 0 Å². The SMILES string of the molecule is O=C(NCCOC1O[C@H](CO)C[C@H](O)[C@@H]1O)C1CN(C(=O)Cc2ccc(OCCCC3CCNCC3)cc2F)C1. The molecule has 1 aromatic rings. The summed E-state index contributed by atoms with van der Waals surface area (Å²) in [7, 11) is 0. The first-order valence-electron chi connectivity index (χ1n) is 14.3. The summed E-state index contributed by atoms with van der Waals surface area (Å²) in [6.07, 6.45) is 0.397. The summed E-state index contributed by atoms with van der Waals surface area (Å²) in [6, 6.07) is 4.59. The summed E-state index contributed by atoms with van der Waals surface area (Å²) in [5.41, 5.74) is 0.290. The second-order valence-electron chi connectivity index (χ2n) is 10.9. The largest absolute Gasteiger partial charge is 0.493 e. The van der Waals surface area contributed by atoms with E-state index >= 15 is 0 Å². The predicted molar refractivity (Wildman–Crippen MR) is 142 cm³/mol. The Bertz CT molecular complexity index is 973. The Balaban J connectivity index is 1.10. The van der Waals surface area contributed by atoms with Crippen molar-refractivity contribution < 1.29 is 43.5 Å². The number of nitrogens with one attached hydrogen (secondary N) is 2. The van der Waals surface area contributed by atoms with Crippen LogP contribution in [0.2, 0.25) is 0 Å². The number of aliphatic hydroxyl groups excluding tert-OH is 3. The van der Waals surface area contributed by atoms with Gasteiger partial charge in [-0.25, -0.2) is 4.39 Å². The maximum absolute atomic E-state index is 14.6. The number of halogens is 1. The number of rotatable bonds is 13. The highest BCUT2D eigenvalue weighted by Crippen LogP contribution is 2.23. The van der Waals surface area contributed by atoms with Gasteiger partial charge in [0.15, 0.2) is 6.29 Å². The van der Waals surface area contributed by atoms with E-state index in [2.05, 4.69) is 10.6 Å². The van der Waals surface area contributed by atoms with E-state index in [-0.39, 0.29) is 69.0 Å². The van der Waals surface area contributed by atoms with Crippen LogP contribution in [0.15, 0.2) is 18.2 Å². The van der Waals surface area contributed by atoms with Crippen LogP contribution in [0.25, 0.3) is 0 Å². The van der Waals surface area contributed by atoms with Gasteiger partial charge < -0.3 is 45.1 Å². The van der Waals surface area contributed by atoms with E-state index in [9.17, 15) is 29.3 Å². The van der Waals surface area contributed by atoms with E-state index in [4.69, 9.17) is 14.2 Å². The Morgan fingerprint density at radius 1 is 1.18 bits per heavy atom. The number of likely N-dealkylation sites (tertiary alicyclic amines) is 1. The van der Waals surface area contributed by atoms with Gasteiger partial charge in [0, 0.05) is 32.1 Å². The van der Waals surface area contributed by atoms with Gasteiger partial charge in [0.1, 0.15) is 17.7 Å². The minimum Gasteiger partial charge on any atom is -0.493 e. The van der Waals surface area contributed by atoms with E-state index in [0.717, 1.165) is 31.8 Å². The fourth-order valence-electron chi connectivity index (χ4n) is 5.28. The van der Waals surface area contributed by atoms with Crippen molar-refractivity contribution in [2.24, 2.45) is 11.8 Å². The summed E-state index contributed by atoms with van der Waals surface area (Å²) < 4.78 is 31.1. The number of aliphatic hydroxyl groups is 3. The molecule has 0 spiro atoms. The van der Waals surface area contributed by atoms with Gasteiger partial charge in [0.2, 0.25) is 11.8 Å². The first-order valence-corrected chi connectivity index (χ1v) is 14.3. The number of benzene rings is 1. The van der Waals surface area contributed by atoms with Crippen molar-refractivity contribution in [1.29, 1.82) is 0 Å². The molecule has 0 aromatic heterocycles. The summed E-state index contributed by atoms with van der Waals surface area (Å²) in [4.78, 5) is 26.5. The highest BCUT2D eigenvalue weighted by molar-refractivity contribution is 5.85. The molecule has 5 N–H and O–H groups in total. The molecule has 3 fully saturated rings. The van der Waals surface area contributed by atoms with Crippen molar-refractivity contribution in [1.82, 2.24) is 15.5 Å². The lowest BCUT2D eigenvalue weighted by Crippen LogP contribution is -2.56. The highest BCUT2D eigenvalue weighted by Gasteiger charge is 2.38. The van der Waals surface area contributed by atoms with Gasteiger partial charge in [-0.1, -0.05) is 6.07 Å². The number of carbonyl (C=O) groups is 2. The molecule has 3 heterocycles. The molecule has 0 radical (unpaired) electrons. The van der Waals surface area contributed by atoms with Crippen molar-refractivity contribution in [3.63, 3.8) is 0 Å². The molecule has 40 heavy (non-hydrogen) atoms. The van der Waals surface area contributed by atoms with Crippen LogP contribution in [0.4, 0.5) is 4.39 Å². The standard InChI is InChI=1S/C28H42FN3O8/c29-23-13-21(38-10-1-2-18-5-7-30-8-6-18)4-3-19(23)12-25(35)32-15-20(16-32)27(37)31-9-11-39-28-26(36)24(34)14-22(17-33)40-28/h3-4,13,18,20,22,24,26,28,30,33-34,36H,1-2,5-12,14-17H2,(H,31,37)/t22-,24-,26-,28?/m0/s1. The third kappa shape index (κ3) is 8.58. The number of piperidine rings is 1. The Morgan fingerprint density at radius 3 is 2.67 bits per heavy atom. The summed E-state index contributed by atoms with van der Waals surface area (Å²) >= 11 is 0. The van der Waals surface area contributed by atoms with Crippen molar-refractivity contribution in [3.8, 4) is 5.75 Å². The summed E-state index contributed by atoms with van der Waals surface area (Å²) in [6.45, 7) is 3.05. The molecule has 3 aliphatic rings. The van der Waals surface area contributed by atoms with Gasteiger partial charge in [-0.15, -0.1) is 0 Å². The van der Waals surface area contributed by atoms with Crippen LogP contribution < -0.4 is 15.4 Å². The second kappa shape index (κ2) is 15.0. The molecule has 12 heteroatoms. The lowest BCUT2D eigenvalue weighted by Gasteiger charge is -2.38. The normalized spacial score (nSPS) is 25.9. The summed E-state index contributed by atoms with van der Waals surface area (Å²) in [5, 5.41) is 35.1. The Labute approximate surface area is 234 Å². The average molecular weight is 568 g/mol. The monoisotopic (exact) mass is 567 g/mol. The van der Waals surface area contributed by atoms with Crippen LogP contribution in [0.5, 0.6) is 5.75 Å². The van der Waals surface area contributed by atoms with E-state index in [1.54, 1.807) is 12.1 Å². The number of amides is 2. The lowest BCUT2D eigenvalue weighted by atomic mass is 9.93. The molecule has 11 nitrogen and oxygen atoms in total. The van der Waals surface area contributed by atoms with E-state index in [1.165, 1.54) is 23.8 Å². The zero-order chi connectivity index (χ0) is 28.5.